The van der Waals surface area contributed by atoms with Crippen molar-refractivity contribution in [3.63, 3.8) is 0 Å². The monoisotopic (exact) mass is 860 g/mol. The van der Waals surface area contributed by atoms with E-state index in [-0.39, 0.29) is 44.2 Å². The zero-order valence-corrected chi connectivity index (χ0v) is 37.4. The van der Waals surface area contributed by atoms with E-state index in [2.05, 4.69) is 55.9 Å². The number of carbonyl (C=O) groups is 1. The molecule has 1 N–H and O–H groups in total. The SMILES string of the molecule is COc1ccc(C(OC[C@H]2O[C@@H](c3ccc(NC(=O)COc4ccccc4)nc3C)C[C@@H]2OP(OCCC#N)N(C(C)C)C(C)C)(c2ccccc2)c2ccc(OC)cc2)cc1. The molecule has 62 heavy (non-hydrogen) atoms. The summed E-state index contributed by atoms with van der Waals surface area (Å²) in [7, 11) is 1.67. The van der Waals surface area contributed by atoms with Crippen LogP contribution in [0.5, 0.6) is 17.2 Å². The van der Waals surface area contributed by atoms with Crippen molar-refractivity contribution in [2.45, 2.75) is 83.5 Å². The molecule has 1 saturated heterocycles. The van der Waals surface area contributed by atoms with Crippen LogP contribution in [-0.2, 0) is 28.9 Å². The third-order valence-electron chi connectivity index (χ3n) is 10.6. The summed E-state index contributed by atoms with van der Waals surface area (Å²) in [6.07, 6.45) is -0.775. The Morgan fingerprint density at radius 3 is 1.97 bits per heavy atom. The molecule has 12 nitrogen and oxygen atoms in total. The number of amides is 1. The maximum atomic E-state index is 12.8. The van der Waals surface area contributed by atoms with Crippen molar-refractivity contribution < 1.29 is 37.5 Å². The molecule has 13 heteroatoms. The minimum Gasteiger partial charge on any atom is -0.497 e. The molecule has 1 amide bonds. The number of ether oxygens (including phenoxy) is 5. The van der Waals surface area contributed by atoms with Gasteiger partial charge in [-0.25, -0.2) is 9.65 Å². The molecule has 1 aliphatic rings. The largest absolute Gasteiger partial charge is 0.497 e. The number of hydrogen-bond acceptors (Lipinski definition) is 11. The van der Waals surface area contributed by atoms with Crippen LogP contribution in [0, 0.1) is 18.3 Å². The summed E-state index contributed by atoms with van der Waals surface area (Å²) in [5, 5.41) is 12.3. The molecule has 6 rings (SSSR count). The lowest BCUT2D eigenvalue weighted by atomic mass is 9.80. The summed E-state index contributed by atoms with van der Waals surface area (Å²) in [6.45, 7) is 10.6. The van der Waals surface area contributed by atoms with Crippen LogP contribution >= 0.6 is 8.53 Å². The minimum atomic E-state index is -1.62. The molecule has 0 aliphatic carbocycles. The van der Waals surface area contributed by atoms with Crippen LogP contribution in [0.15, 0.2) is 121 Å². The van der Waals surface area contributed by atoms with Gasteiger partial charge in [0.25, 0.3) is 14.4 Å². The summed E-state index contributed by atoms with van der Waals surface area (Å²) in [5.74, 6) is 2.13. The second-order valence-corrected chi connectivity index (χ2v) is 16.8. The predicted octanol–water partition coefficient (Wildman–Crippen LogP) is 9.92. The molecule has 1 fully saturated rings. The van der Waals surface area contributed by atoms with Crippen LogP contribution in [0.1, 0.15) is 74.6 Å². The number of hydrogen-bond donors (Lipinski definition) is 1. The molecular weight excluding hydrogens is 804 g/mol. The summed E-state index contributed by atoms with van der Waals surface area (Å²) < 4.78 is 46.8. The number of para-hydroxylation sites is 1. The van der Waals surface area contributed by atoms with E-state index in [1.165, 1.54) is 0 Å². The highest BCUT2D eigenvalue weighted by molar-refractivity contribution is 7.44. The van der Waals surface area contributed by atoms with Crippen molar-refractivity contribution in [2.75, 3.05) is 39.4 Å². The van der Waals surface area contributed by atoms with E-state index in [9.17, 15) is 10.1 Å². The number of nitrogens with zero attached hydrogens (tertiary/aromatic N) is 3. The number of aromatic nitrogens is 1. The van der Waals surface area contributed by atoms with Gasteiger partial charge in [-0.15, -0.1) is 0 Å². The number of rotatable bonds is 21. The standard InChI is InChI=1S/C49H57N4O8P/c1-34(2)53(35(3)4)62(59-30-14-29-50)61-45-31-44(43-27-28-47(51-36(43)5)52-48(54)33-57-42-17-12-9-13-18-42)60-46(45)32-58-49(37-15-10-8-11-16-37,38-19-23-40(55-6)24-20-38)39-21-25-41(56-7)26-22-39/h8-13,15-28,34-35,44-46H,14,30-33H2,1-7H3,(H,51,52,54)/t44-,45+,46-,62?/m1/s1. The lowest BCUT2D eigenvalue weighted by Crippen LogP contribution is -2.39. The first-order chi connectivity index (χ1) is 30.1. The Morgan fingerprint density at radius 1 is 0.839 bits per heavy atom. The maximum absolute atomic E-state index is 12.8. The topological polar surface area (TPSA) is 134 Å². The second kappa shape index (κ2) is 22.1. The van der Waals surface area contributed by atoms with E-state index in [4.69, 9.17) is 37.7 Å². The van der Waals surface area contributed by atoms with Crippen LogP contribution in [0.25, 0.3) is 0 Å². The summed E-state index contributed by atoms with van der Waals surface area (Å²) >= 11 is 0. The zero-order chi connectivity index (χ0) is 44.1. The van der Waals surface area contributed by atoms with E-state index in [1.54, 1.807) is 32.4 Å². The molecule has 2 heterocycles. The second-order valence-electron chi connectivity index (χ2n) is 15.4. The Kier molecular flexibility index (Phi) is 16.5. The van der Waals surface area contributed by atoms with E-state index >= 15 is 0 Å². The van der Waals surface area contributed by atoms with E-state index in [0.29, 0.717) is 23.7 Å². The van der Waals surface area contributed by atoms with Crippen molar-refractivity contribution in [1.29, 1.82) is 5.26 Å². The smallest absolute Gasteiger partial charge is 0.263 e. The first-order valence-electron chi connectivity index (χ1n) is 20.9. The molecule has 5 aromatic rings. The van der Waals surface area contributed by atoms with Gasteiger partial charge in [-0.1, -0.05) is 78.9 Å². The number of pyridine rings is 1. The highest BCUT2D eigenvalue weighted by atomic mass is 31.2. The minimum absolute atomic E-state index is 0.0965. The van der Waals surface area contributed by atoms with Crippen LogP contribution in [-0.4, -0.2) is 73.9 Å². The summed E-state index contributed by atoms with van der Waals surface area (Å²) in [5.41, 5.74) is 3.16. The Balaban J connectivity index is 1.35. The highest BCUT2D eigenvalue weighted by Crippen LogP contribution is 2.51. The van der Waals surface area contributed by atoms with Crippen LogP contribution < -0.4 is 19.5 Å². The van der Waals surface area contributed by atoms with Gasteiger partial charge in [0.1, 0.15) is 34.8 Å². The number of anilines is 1. The first-order valence-corrected chi connectivity index (χ1v) is 22.0. The van der Waals surface area contributed by atoms with Gasteiger partial charge in [-0.3, -0.25) is 4.79 Å². The Morgan fingerprint density at radius 2 is 1.42 bits per heavy atom. The van der Waals surface area contributed by atoms with Gasteiger partial charge in [0.2, 0.25) is 0 Å². The predicted molar refractivity (Wildman–Crippen MR) is 240 cm³/mol. The van der Waals surface area contributed by atoms with Gasteiger partial charge in [-0.2, -0.15) is 5.26 Å². The molecule has 0 radical (unpaired) electrons. The molecule has 1 aliphatic heterocycles. The number of carbonyl (C=O) groups excluding carboxylic acids is 1. The molecule has 326 valence electrons. The Labute approximate surface area is 367 Å². The summed E-state index contributed by atoms with van der Waals surface area (Å²) in [4.78, 5) is 17.6. The van der Waals surface area contributed by atoms with Gasteiger partial charge >= 0.3 is 0 Å². The van der Waals surface area contributed by atoms with Crippen molar-refractivity contribution in [3.05, 3.63) is 149 Å². The fourth-order valence-electron chi connectivity index (χ4n) is 7.69. The highest BCUT2D eigenvalue weighted by Gasteiger charge is 2.45. The first kappa shape index (κ1) is 46.1. The number of nitrogens with one attached hydrogen (secondary N) is 1. The lowest BCUT2D eigenvalue weighted by Gasteiger charge is -2.39. The third-order valence-corrected chi connectivity index (χ3v) is 12.7. The van der Waals surface area contributed by atoms with E-state index in [1.807, 2.05) is 97.9 Å². The molecule has 4 atom stereocenters. The zero-order valence-electron chi connectivity index (χ0n) is 36.5. The molecule has 0 saturated carbocycles. The van der Waals surface area contributed by atoms with Crippen LogP contribution in [0.4, 0.5) is 5.82 Å². The van der Waals surface area contributed by atoms with Crippen molar-refractivity contribution in [3.8, 4) is 23.3 Å². The molecule has 1 unspecified atom stereocenters. The van der Waals surface area contributed by atoms with Crippen molar-refractivity contribution >= 4 is 20.3 Å². The van der Waals surface area contributed by atoms with Gasteiger partial charge in [0.05, 0.1) is 52.1 Å². The van der Waals surface area contributed by atoms with Crippen molar-refractivity contribution in [1.82, 2.24) is 9.65 Å². The van der Waals surface area contributed by atoms with Crippen molar-refractivity contribution in [2.24, 2.45) is 0 Å². The van der Waals surface area contributed by atoms with E-state index in [0.717, 1.165) is 33.8 Å². The fraction of sp³-hybridized carbons (Fsp3) is 0.367. The average molecular weight is 861 g/mol. The maximum Gasteiger partial charge on any atom is 0.263 e. The van der Waals surface area contributed by atoms with Gasteiger partial charge in [0, 0.05) is 29.8 Å². The molecule has 0 bridgehead atoms. The van der Waals surface area contributed by atoms with Gasteiger partial charge in [-0.05, 0) is 93.8 Å². The van der Waals surface area contributed by atoms with Crippen LogP contribution in [0.3, 0.4) is 0 Å². The normalized spacial score (nSPS) is 16.9. The Bertz CT molecular complexity index is 2150. The third kappa shape index (κ3) is 11.4. The number of nitriles is 1. The quantitative estimate of drug-likeness (QED) is 0.0429. The molecule has 1 aromatic heterocycles. The number of benzene rings is 4. The molecule has 4 aromatic carbocycles. The van der Waals surface area contributed by atoms with Gasteiger partial charge < -0.3 is 38.0 Å². The Hall–Kier alpha value is -5.38. The lowest BCUT2D eigenvalue weighted by molar-refractivity contribution is -0.118. The number of methoxy groups -OCH3 is 2. The van der Waals surface area contributed by atoms with Crippen LogP contribution in [0.2, 0.25) is 0 Å². The molecular formula is C49H57N4O8P. The number of aryl methyl sites for hydroxylation is 1. The molecule has 0 spiro atoms. The average Bonchev–Trinajstić information content (AvgIpc) is 3.68. The van der Waals surface area contributed by atoms with E-state index < -0.39 is 32.4 Å². The fourth-order valence-corrected chi connectivity index (χ4v) is 9.45. The summed E-state index contributed by atoms with van der Waals surface area (Å²) in [6, 6.07) is 41.2. The van der Waals surface area contributed by atoms with Gasteiger partial charge in [0.15, 0.2) is 6.61 Å².